The molecule has 0 radical (unpaired) electrons. The van der Waals surface area contributed by atoms with Crippen molar-refractivity contribution in [2.24, 2.45) is 0 Å². The highest BCUT2D eigenvalue weighted by molar-refractivity contribution is 5.09. The van der Waals surface area contributed by atoms with Crippen molar-refractivity contribution in [2.75, 3.05) is 7.11 Å². The molecule has 0 aliphatic heterocycles. The Bertz CT molecular complexity index is 82.2. The molecule has 0 bridgehead atoms. The van der Waals surface area contributed by atoms with Gasteiger partial charge in [0.1, 0.15) is 0 Å². The predicted molar refractivity (Wildman–Crippen MR) is 31.0 cm³/mol. The summed E-state index contributed by atoms with van der Waals surface area (Å²) in [6.07, 6.45) is 3.39. The molecule has 0 fully saturated rings. The molecule has 0 unspecified atom stereocenters. The van der Waals surface area contributed by atoms with Crippen molar-refractivity contribution < 1.29 is 4.74 Å². The topological polar surface area (TPSA) is 9.23 Å². The molecule has 0 amide bonds. The van der Waals surface area contributed by atoms with E-state index in [9.17, 15) is 0 Å². The first-order chi connectivity index (χ1) is 3.31. The fourth-order valence-electron chi connectivity index (χ4n) is 0.234. The molecule has 0 heterocycles. The minimum Gasteiger partial charge on any atom is -0.504 e. The quantitative estimate of drug-likeness (QED) is 0.377. The number of rotatable bonds is 2. The van der Waals surface area contributed by atoms with Crippen LogP contribution in [0.25, 0.3) is 0 Å². The van der Waals surface area contributed by atoms with Gasteiger partial charge in [0, 0.05) is 0 Å². The number of hydrogen-bond donors (Lipinski definition) is 0. The Morgan fingerprint density at radius 2 is 2.29 bits per heavy atom. The van der Waals surface area contributed by atoms with Crippen LogP contribution in [-0.2, 0) is 4.74 Å². The van der Waals surface area contributed by atoms with Crippen LogP contribution in [0.4, 0.5) is 0 Å². The maximum absolute atomic E-state index is 4.66. The summed E-state index contributed by atoms with van der Waals surface area (Å²) in [6, 6.07) is 0. The Balaban J connectivity index is 3.49. The first kappa shape index (κ1) is 6.28. The molecule has 0 N–H and O–H groups in total. The normalized spacial score (nSPS) is 10.9. The minimum absolute atomic E-state index is 1.04. The van der Waals surface area contributed by atoms with E-state index in [1.165, 1.54) is 0 Å². The third-order valence-corrected chi connectivity index (χ3v) is 0.626. The van der Waals surface area contributed by atoms with Gasteiger partial charge in [0.25, 0.3) is 0 Å². The summed E-state index contributed by atoms with van der Waals surface area (Å²) in [6.45, 7) is 5.46. The standard InChI is InChI=1S/C6H10O/c1-4-6(2)5-7-3/h4-5H,1H2,2-3H3/b6-5-. The van der Waals surface area contributed by atoms with Crippen LogP contribution in [0.3, 0.4) is 0 Å². The van der Waals surface area contributed by atoms with Crippen molar-refractivity contribution in [1.82, 2.24) is 0 Å². The molecule has 0 aliphatic carbocycles. The van der Waals surface area contributed by atoms with E-state index in [1.54, 1.807) is 19.4 Å². The summed E-state index contributed by atoms with van der Waals surface area (Å²) >= 11 is 0. The SMILES string of the molecule is C=C/C(C)=C\OC. The molecule has 0 atom stereocenters. The zero-order valence-electron chi connectivity index (χ0n) is 4.77. The van der Waals surface area contributed by atoms with Crippen LogP contribution >= 0.6 is 0 Å². The van der Waals surface area contributed by atoms with E-state index in [-0.39, 0.29) is 0 Å². The van der Waals surface area contributed by atoms with Gasteiger partial charge in [-0.05, 0) is 12.5 Å². The van der Waals surface area contributed by atoms with E-state index in [4.69, 9.17) is 0 Å². The molecular formula is C6H10O. The highest BCUT2D eigenvalue weighted by Crippen LogP contribution is 1.89. The van der Waals surface area contributed by atoms with Crippen molar-refractivity contribution >= 4 is 0 Å². The maximum atomic E-state index is 4.66. The molecule has 0 rings (SSSR count). The largest absolute Gasteiger partial charge is 0.504 e. The van der Waals surface area contributed by atoms with E-state index in [0.717, 1.165) is 5.57 Å². The van der Waals surface area contributed by atoms with Gasteiger partial charge >= 0.3 is 0 Å². The van der Waals surface area contributed by atoms with Gasteiger partial charge in [-0.3, -0.25) is 0 Å². The predicted octanol–water partition coefficient (Wildman–Crippen LogP) is 1.72. The molecule has 0 aromatic heterocycles. The van der Waals surface area contributed by atoms with Crippen molar-refractivity contribution in [3.63, 3.8) is 0 Å². The molecule has 7 heavy (non-hydrogen) atoms. The van der Waals surface area contributed by atoms with E-state index in [2.05, 4.69) is 11.3 Å². The Labute approximate surface area is 44.3 Å². The van der Waals surface area contributed by atoms with Gasteiger partial charge in [0.05, 0.1) is 13.4 Å². The third kappa shape index (κ3) is 3.10. The van der Waals surface area contributed by atoms with Crippen LogP contribution in [0.15, 0.2) is 24.5 Å². The Morgan fingerprint density at radius 1 is 1.71 bits per heavy atom. The highest BCUT2D eigenvalue weighted by atomic mass is 16.5. The van der Waals surface area contributed by atoms with E-state index in [1.807, 2.05) is 6.92 Å². The lowest BCUT2D eigenvalue weighted by Crippen LogP contribution is -1.68. The minimum atomic E-state index is 1.04. The van der Waals surface area contributed by atoms with Gasteiger partial charge in [-0.15, -0.1) is 0 Å². The van der Waals surface area contributed by atoms with Crippen LogP contribution in [-0.4, -0.2) is 7.11 Å². The van der Waals surface area contributed by atoms with Crippen LogP contribution < -0.4 is 0 Å². The molecule has 40 valence electrons. The summed E-state index contributed by atoms with van der Waals surface area (Å²) in [5.41, 5.74) is 1.04. The summed E-state index contributed by atoms with van der Waals surface area (Å²) in [5.74, 6) is 0. The number of methoxy groups -OCH3 is 1. The molecule has 1 nitrogen and oxygen atoms in total. The smallest absolute Gasteiger partial charge is 0.0853 e. The molecule has 0 saturated heterocycles. The summed E-state index contributed by atoms with van der Waals surface area (Å²) in [4.78, 5) is 0. The zero-order valence-corrected chi connectivity index (χ0v) is 4.77. The fraction of sp³-hybridized carbons (Fsp3) is 0.333. The third-order valence-electron chi connectivity index (χ3n) is 0.626. The summed E-state index contributed by atoms with van der Waals surface area (Å²) in [5, 5.41) is 0. The van der Waals surface area contributed by atoms with Crippen molar-refractivity contribution in [3.05, 3.63) is 24.5 Å². The molecule has 0 saturated carbocycles. The van der Waals surface area contributed by atoms with Crippen molar-refractivity contribution in [3.8, 4) is 0 Å². The molecule has 1 heteroatoms. The molecule has 0 spiro atoms. The first-order valence-electron chi connectivity index (χ1n) is 2.13. The first-order valence-corrected chi connectivity index (χ1v) is 2.13. The van der Waals surface area contributed by atoms with E-state index in [0.29, 0.717) is 0 Å². The molecule has 0 aliphatic rings. The van der Waals surface area contributed by atoms with E-state index >= 15 is 0 Å². The summed E-state index contributed by atoms with van der Waals surface area (Å²) in [7, 11) is 1.62. The van der Waals surface area contributed by atoms with Crippen LogP contribution in [0.1, 0.15) is 6.92 Å². The lowest BCUT2D eigenvalue weighted by atomic mass is 10.3. The van der Waals surface area contributed by atoms with Gasteiger partial charge in [-0.1, -0.05) is 12.7 Å². The van der Waals surface area contributed by atoms with Gasteiger partial charge in [-0.2, -0.15) is 0 Å². The van der Waals surface area contributed by atoms with Crippen LogP contribution in [0.5, 0.6) is 0 Å². The lowest BCUT2D eigenvalue weighted by Gasteiger charge is -1.87. The average molecular weight is 98.1 g/mol. The average Bonchev–Trinajstić information content (AvgIpc) is 1.68. The number of allylic oxidation sites excluding steroid dienone is 2. The van der Waals surface area contributed by atoms with Crippen molar-refractivity contribution in [2.45, 2.75) is 6.92 Å². The van der Waals surface area contributed by atoms with Crippen LogP contribution in [0, 0.1) is 0 Å². The molecule has 0 aromatic carbocycles. The van der Waals surface area contributed by atoms with Gasteiger partial charge in [0.2, 0.25) is 0 Å². The van der Waals surface area contributed by atoms with E-state index < -0.39 is 0 Å². The molecule has 0 aromatic rings. The van der Waals surface area contributed by atoms with Gasteiger partial charge in [0.15, 0.2) is 0 Å². The lowest BCUT2D eigenvalue weighted by molar-refractivity contribution is 0.335. The number of ether oxygens (including phenoxy) is 1. The Hall–Kier alpha value is -0.720. The number of hydrogen-bond acceptors (Lipinski definition) is 1. The monoisotopic (exact) mass is 98.1 g/mol. The Kier molecular flexibility index (Phi) is 3.11. The fourth-order valence-corrected chi connectivity index (χ4v) is 0.234. The molecular weight excluding hydrogens is 88.1 g/mol. The van der Waals surface area contributed by atoms with Gasteiger partial charge in [-0.25, -0.2) is 0 Å². The highest BCUT2D eigenvalue weighted by Gasteiger charge is 1.72. The maximum Gasteiger partial charge on any atom is 0.0853 e. The van der Waals surface area contributed by atoms with Crippen LogP contribution in [0.2, 0.25) is 0 Å². The Morgan fingerprint density at radius 3 is 2.43 bits per heavy atom. The zero-order chi connectivity index (χ0) is 5.70. The van der Waals surface area contributed by atoms with Gasteiger partial charge < -0.3 is 4.74 Å². The second-order valence-electron chi connectivity index (χ2n) is 1.30. The second kappa shape index (κ2) is 3.47. The summed E-state index contributed by atoms with van der Waals surface area (Å²) < 4.78 is 4.66. The second-order valence-corrected chi connectivity index (χ2v) is 1.30. The van der Waals surface area contributed by atoms with Crippen molar-refractivity contribution in [1.29, 1.82) is 0 Å².